The van der Waals surface area contributed by atoms with Crippen LogP contribution in [0.3, 0.4) is 0 Å². The Bertz CT molecular complexity index is 774. The number of rotatable bonds is 9. The zero-order valence-corrected chi connectivity index (χ0v) is 20.3. The molecule has 1 N–H and O–H groups in total. The lowest BCUT2D eigenvalue weighted by molar-refractivity contribution is -0.0924. The number of hydrogen-bond acceptors (Lipinski definition) is 5. The summed E-state index contributed by atoms with van der Waals surface area (Å²) < 4.78 is 16.7. The third-order valence-corrected chi connectivity index (χ3v) is 7.82. The van der Waals surface area contributed by atoms with E-state index < -0.39 is 11.7 Å². The van der Waals surface area contributed by atoms with E-state index in [4.69, 9.17) is 14.2 Å². The van der Waals surface area contributed by atoms with Crippen molar-refractivity contribution in [2.24, 2.45) is 23.2 Å². The molecular formula is C27H40O5. The van der Waals surface area contributed by atoms with Crippen molar-refractivity contribution in [1.82, 2.24) is 0 Å². The molecule has 32 heavy (non-hydrogen) atoms. The summed E-state index contributed by atoms with van der Waals surface area (Å²) in [5.74, 6) is 0.614. The van der Waals surface area contributed by atoms with Gasteiger partial charge in [0.1, 0.15) is 12.9 Å². The minimum atomic E-state index is -0.548. The van der Waals surface area contributed by atoms with Gasteiger partial charge in [0.25, 0.3) is 0 Å². The normalized spacial score (nSPS) is 30.1. The largest absolute Gasteiger partial charge is 0.458 e. The summed E-state index contributed by atoms with van der Waals surface area (Å²) in [4.78, 5) is 12.7. The Balaban J connectivity index is 1.66. The Hall–Kier alpha value is -1.69. The summed E-state index contributed by atoms with van der Waals surface area (Å²) in [6.07, 6.45) is 8.37. The fourth-order valence-electron chi connectivity index (χ4n) is 5.95. The molecule has 0 aliphatic heterocycles. The predicted molar refractivity (Wildman–Crippen MR) is 125 cm³/mol. The van der Waals surface area contributed by atoms with Crippen LogP contribution in [0.25, 0.3) is 0 Å². The lowest BCUT2D eigenvalue weighted by atomic mass is 9.61. The maximum absolute atomic E-state index is 12.7. The first-order valence-electron chi connectivity index (χ1n) is 11.9. The minimum Gasteiger partial charge on any atom is -0.458 e. The number of fused-ring (bicyclic) bond motifs is 1. The maximum Gasteiger partial charge on any atom is 0.338 e. The first-order valence-corrected chi connectivity index (χ1v) is 11.9. The van der Waals surface area contributed by atoms with Crippen LogP contribution in [0.4, 0.5) is 0 Å². The van der Waals surface area contributed by atoms with Crippen molar-refractivity contribution in [3.8, 4) is 0 Å². The van der Waals surface area contributed by atoms with E-state index >= 15 is 0 Å². The first kappa shape index (κ1) is 24.9. The number of hydrogen-bond donors (Lipinski definition) is 1. The molecule has 0 saturated heterocycles. The van der Waals surface area contributed by atoms with Crippen LogP contribution in [0, 0.1) is 23.2 Å². The average molecular weight is 445 g/mol. The molecule has 2 aliphatic rings. The molecule has 0 spiro atoms. The molecule has 0 amide bonds. The molecule has 178 valence electrons. The van der Waals surface area contributed by atoms with E-state index in [1.165, 1.54) is 0 Å². The Morgan fingerprint density at radius 3 is 2.66 bits per heavy atom. The minimum absolute atomic E-state index is 0.0484. The summed E-state index contributed by atoms with van der Waals surface area (Å²) in [7, 11) is 1.60. The molecule has 1 aromatic carbocycles. The van der Waals surface area contributed by atoms with Crippen LogP contribution >= 0.6 is 0 Å². The molecule has 2 aliphatic carbocycles. The van der Waals surface area contributed by atoms with Crippen molar-refractivity contribution in [2.45, 2.75) is 77.6 Å². The van der Waals surface area contributed by atoms with Gasteiger partial charge in [-0.1, -0.05) is 44.2 Å². The summed E-state index contributed by atoms with van der Waals surface area (Å²) in [6, 6.07) is 9.26. The van der Waals surface area contributed by atoms with E-state index in [-0.39, 0.29) is 30.2 Å². The molecule has 0 aromatic heterocycles. The van der Waals surface area contributed by atoms with Gasteiger partial charge < -0.3 is 19.3 Å². The highest BCUT2D eigenvalue weighted by Crippen LogP contribution is 2.58. The SMILES string of the molecule is COCOC(C)(C)/C=C\C(O)C(C)C1CCC2C(OC(=O)c3ccccc3)CCCC21C. The number of benzene rings is 1. The quantitative estimate of drug-likeness (QED) is 0.315. The number of aliphatic hydroxyl groups is 1. The standard InChI is InChI=1S/C27H40O5/c1-19(23(28)15-17-26(2,3)31-18-30-5)21-13-14-22-24(12-9-16-27(21,22)4)32-25(29)20-10-7-6-8-11-20/h6-8,10-11,15,17,19,21-24,28H,9,12-14,16,18H2,1-5H3/b17-15-. The Morgan fingerprint density at radius 1 is 1.25 bits per heavy atom. The van der Waals surface area contributed by atoms with Gasteiger partial charge in [0, 0.05) is 13.0 Å². The molecule has 0 radical (unpaired) electrons. The highest BCUT2D eigenvalue weighted by molar-refractivity contribution is 5.89. The predicted octanol–water partition coefficient (Wildman–Crippen LogP) is 5.38. The highest BCUT2D eigenvalue weighted by atomic mass is 16.7. The molecule has 5 nitrogen and oxygen atoms in total. The number of carbonyl (C=O) groups excluding carboxylic acids is 1. The van der Waals surface area contributed by atoms with Gasteiger partial charge in [-0.15, -0.1) is 0 Å². The van der Waals surface area contributed by atoms with E-state index in [9.17, 15) is 9.90 Å². The van der Waals surface area contributed by atoms with Crippen LogP contribution in [0.15, 0.2) is 42.5 Å². The molecule has 1 aromatic rings. The van der Waals surface area contributed by atoms with E-state index in [0.717, 1.165) is 32.1 Å². The zero-order valence-electron chi connectivity index (χ0n) is 20.3. The van der Waals surface area contributed by atoms with Crippen LogP contribution in [-0.4, -0.2) is 42.8 Å². The van der Waals surface area contributed by atoms with E-state index in [0.29, 0.717) is 17.4 Å². The summed E-state index contributed by atoms with van der Waals surface area (Å²) in [5, 5.41) is 11.0. The van der Waals surface area contributed by atoms with Crippen molar-refractivity contribution in [3.63, 3.8) is 0 Å². The molecular weight excluding hydrogens is 404 g/mol. The molecule has 0 heterocycles. The molecule has 3 rings (SSSR count). The lowest BCUT2D eigenvalue weighted by Crippen LogP contribution is -2.44. The van der Waals surface area contributed by atoms with Crippen LogP contribution in [-0.2, 0) is 14.2 Å². The van der Waals surface area contributed by atoms with Crippen LogP contribution in [0.2, 0.25) is 0 Å². The van der Waals surface area contributed by atoms with E-state index in [2.05, 4.69) is 13.8 Å². The molecule has 2 saturated carbocycles. The monoisotopic (exact) mass is 444 g/mol. The molecule has 2 fully saturated rings. The van der Waals surface area contributed by atoms with Crippen molar-refractivity contribution >= 4 is 5.97 Å². The van der Waals surface area contributed by atoms with Crippen molar-refractivity contribution in [3.05, 3.63) is 48.0 Å². The molecule has 6 unspecified atom stereocenters. The lowest BCUT2D eigenvalue weighted by Gasteiger charge is -2.46. The Kier molecular flexibility index (Phi) is 8.18. The van der Waals surface area contributed by atoms with Gasteiger partial charge in [0.2, 0.25) is 0 Å². The summed E-state index contributed by atoms with van der Waals surface area (Å²) in [6.45, 7) is 8.63. The van der Waals surface area contributed by atoms with Crippen molar-refractivity contribution < 1.29 is 24.1 Å². The van der Waals surface area contributed by atoms with E-state index in [1.807, 2.05) is 56.3 Å². The Morgan fingerprint density at radius 2 is 1.97 bits per heavy atom. The number of ether oxygens (including phenoxy) is 3. The van der Waals surface area contributed by atoms with Crippen molar-refractivity contribution in [2.75, 3.05) is 13.9 Å². The van der Waals surface area contributed by atoms with Gasteiger partial charge in [0.05, 0.1) is 17.3 Å². The number of methoxy groups -OCH3 is 1. The van der Waals surface area contributed by atoms with Crippen LogP contribution in [0.1, 0.15) is 70.2 Å². The second kappa shape index (κ2) is 10.5. The van der Waals surface area contributed by atoms with Gasteiger partial charge in [0.15, 0.2) is 0 Å². The fraction of sp³-hybridized carbons (Fsp3) is 0.667. The zero-order chi connectivity index (χ0) is 23.4. The summed E-state index contributed by atoms with van der Waals surface area (Å²) >= 11 is 0. The Labute approximate surface area is 193 Å². The number of esters is 1. The van der Waals surface area contributed by atoms with Gasteiger partial charge in [-0.2, -0.15) is 0 Å². The number of aliphatic hydroxyl groups excluding tert-OH is 1. The first-order chi connectivity index (χ1) is 15.2. The average Bonchev–Trinajstić information content (AvgIpc) is 3.14. The van der Waals surface area contributed by atoms with Crippen molar-refractivity contribution in [1.29, 1.82) is 0 Å². The second-order valence-electron chi connectivity index (χ2n) is 10.4. The third-order valence-electron chi connectivity index (χ3n) is 7.82. The van der Waals surface area contributed by atoms with Gasteiger partial charge in [-0.3, -0.25) is 0 Å². The summed E-state index contributed by atoms with van der Waals surface area (Å²) in [5.41, 5.74) is 0.179. The second-order valence-corrected chi connectivity index (χ2v) is 10.4. The van der Waals surface area contributed by atoms with Crippen LogP contribution < -0.4 is 0 Å². The van der Waals surface area contributed by atoms with Gasteiger partial charge in [-0.05, 0) is 75.3 Å². The number of carbonyl (C=O) groups is 1. The van der Waals surface area contributed by atoms with Gasteiger partial charge >= 0.3 is 5.97 Å². The topological polar surface area (TPSA) is 65.0 Å². The molecule has 5 heteroatoms. The van der Waals surface area contributed by atoms with E-state index in [1.54, 1.807) is 7.11 Å². The fourth-order valence-corrected chi connectivity index (χ4v) is 5.95. The third kappa shape index (κ3) is 5.62. The van der Waals surface area contributed by atoms with Gasteiger partial charge in [-0.25, -0.2) is 4.79 Å². The maximum atomic E-state index is 12.7. The smallest absolute Gasteiger partial charge is 0.338 e. The van der Waals surface area contributed by atoms with Crippen LogP contribution in [0.5, 0.6) is 0 Å². The molecule has 6 atom stereocenters. The molecule has 0 bridgehead atoms. The highest BCUT2D eigenvalue weighted by Gasteiger charge is 2.54.